The van der Waals surface area contributed by atoms with E-state index in [1.54, 1.807) is 18.2 Å². The van der Waals surface area contributed by atoms with Crippen LogP contribution in [0.5, 0.6) is 0 Å². The summed E-state index contributed by atoms with van der Waals surface area (Å²) in [7, 11) is 0. The highest BCUT2D eigenvalue weighted by atomic mass is 32.1. The van der Waals surface area contributed by atoms with Gasteiger partial charge >= 0.3 is 0 Å². The lowest BCUT2D eigenvalue weighted by Gasteiger charge is -2.11. The predicted octanol–water partition coefficient (Wildman–Crippen LogP) is 2.11. The van der Waals surface area contributed by atoms with Crippen molar-refractivity contribution >= 4 is 38.5 Å². The van der Waals surface area contributed by atoms with Gasteiger partial charge in [-0.15, -0.1) is 0 Å². The maximum absolute atomic E-state index is 12.5. The Balaban J connectivity index is 1.39. The lowest BCUT2D eigenvalue weighted by molar-refractivity contribution is 0.0913. The summed E-state index contributed by atoms with van der Waals surface area (Å²) in [5.74, 6) is -0.656. The zero-order chi connectivity index (χ0) is 20.4. The minimum Gasteiger partial charge on any atom is -0.376 e. The molecule has 3 heterocycles. The lowest BCUT2D eigenvalue weighted by atomic mass is 10.2. The summed E-state index contributed by atoms with van der Waals surface area (Å²) in [5, 5.41) is 6.24. The van der Waals surface area contributed by atoms with Gasteiger partial charge in [0.2, 0.25) is 0 Å². The second-order valence-corrected chi connectivity index (χ2v) is 8.06. The summed E-state index contributed by atoms with van der Waals surface area (Å²) >= 11 is 1.40. The molecule has 1 aromatic carbocycles. The fourth-order valence-corrected chi connectivity index (χ4v) is 4.03. The van der Waals surface area contributed by atoms with Crippen LogP contribution in [0.2, 0.25) is 0 Å². The number of aromatic nitrogens is 2. The zero-order valence-electron chi connectivity index (χ0n) is 15.8. The predicted molar refractivity (Wildman–Crippen MR) is 111 cm³/mol. The highest BCUT2D eigenvalue weighted by Crippen LogP contribution is 2.24. The van der Waals surface area contributed by atoms with Gasteiger partial charge in [-0.3, -0.25) is 9.59 Å². The van der Waals surface area contributed by atoms with Crippen LogP contribution < -0.4 is 16.4 Å². The largest absolute Gasteiger partial charge is 0.376 e. The van der Waals surface area contributed by atoms with E-state index in [9.17, 15) is 9.59 Å². The van der Waals surface area contributed by atoms with Crippen molar-refractivity contribution in [1.82, 2.24) is 20.6 Å². The molecule has 150 valence electrons. The van der Waals surface area contributed by atoms with Crippen molar-refractivity contribution in [1.29, 1.82) is 0 Å². The van der Waals surface area contributed by atoms with Crippen molar-refractivity contribution in [2.24, 2.45) is 0 Å². The van der Waals surface area contributed by atoms with E-state index in [4.69, 9.17) is 10.5 Å². The number of amides is 2. The Hall–Kier alpha value is -3.04. The maximum atomic E-state index is 12.5. The standard InChI is InChI=1S/C20H21N5O3S/c1-11-7-13(10-28-11)23-19(27)16-4-2-3-15(24-16)18(26)22-9-12-5-6-14-17(8-12)29-20(21)25-14/h2-6,8,11,13H,7,9-10H2,1H3,(H2,21,25)(H,22,26)(H,23,27)/t11?,13-/m0/s1. The van der Waals surface area contributed by atoms with Crippen molar-refractivity contribution in [2.75, 3.05) is 12.3 Å². The lowest BCUT2D eigenvalue weighted by Crippen LogP contribution is -2.36. The Morgan fingerprint density at radius 2 is 2.00 bits per heavy atom. The number of fused-ring (bicyclic) bond motifs is 1. The Labute approximate surface area is 171 Å². The number of carbonyl (C=O) groups is 2. The van der Waals surface area contributed by atoms with Crippen LogP contribution in [0.25, 0.3) is 10.2 Å². The normalized spacial score (nSPS) is 18.7. The molecule has 8 nitrogen and oxygen atoms in total. The number of hydrogen-bond acceptors (Lipinski definition) is 7. The highest BCUT2D eigenvalue weighted by molar-refractivity contribution is 7.22. The summed E-state index contributed by atoms with van der Waals surface area (Å²) in [4.78, 5) is 33.3. The van der Waals surface area contributed by atoms with E-state index in [1.807, 2.05) is 25.1 Å². The van der Waals surface area contributed by atoms with Gasteiger partial charge in [0.1, 0.15) is 11.4 Å². The summed E-state index contributed by atoms with van der Waals surface area (Å²) < 4.78 is 6.43. The van der Waals surface area contributed by atoms with Gasteiger partial charge in [-0.05, 0) is 43.2 Å². The molecule has 9 heteroatoms. The van der Waals surface area contributed by atoms with Crippen molar-refractivity contribution in [3.8, 4) is 0 Å². The number of hydrogen-bond donors (Lipinski definition) is 3. The van der Waals surface area contributed by atoms with Gasteiger partial charge in [0.05, 0.1) is 29.0 Å². The number of thiazole rings is 1. The van der Waals surface area contributed by atoms with Gasteiger partial charge in [0, 0.05) is 6.54 Å². The Kier molecular flexibility index (Phi) is 5.41. The van der Waals surface area contributed by atoms with Crippen LogP contribution in [0.1, 0.15) is 39.9 Å². The average molecular weight is 411 g/mol. The number of pyridine rings is 1. The van der Waals surface area contributed by atoms with E-state index < -0.39 is 0 Å². The van der Waals surface area contributed by atoms with Gasteiger partial charge in [0.25, 0.3) is 11.8 Å². The summed E-state index contributed by atoms with van der Waals surface area (Å²) in [6.07, 6.45) is 0.896. The summed E-state index contributed by atoms with van der Waals surface area (Å²) in [6, 6.07) is 10.5. The number of nitrogens with zero attached hydrogens (tertiary/aromatic N) is 2. The minimum atomic E-state index is -0.346. The molecule has 2 amide bonds. The third kappa shape index (κ3) is 4.52. The smallest absolute Gasteiger partial charge is 0.270 e. The zero-order valence-corrected chi connectivity index (χ0v) is 16.7. The van der Waals surface area contributed by atoms with Gasteiger partial charge < -0.3 is 21.1 Å². The number of nitrogens with two attached hydrogens (primary N) is 1. The third-order valence-corrected chi connectivity index (χ3v) is 5.52. The van der Waals surface area contributed by atoms with E-state index in [-0.39, 0.29) is 35.3 Å². The molecule has 0 radical (unpaired) electrons. The Bertz CT molecular complexity index is 1070. The molecule has 1 aliphatic rings. The quantitative estimate of drug-likeness (QED) is 0.592. The second-order valence-electron chi connectivity index (χ2n) is 6.99. The molecule has 0 bridgehead atoms. The molecule has 2 aromatic heterocycles. The summed E-state index contributed by atoms with van der Waals surface area (Å²) in [5.41, 5.74) is 7.89. The Morgan fingerprint density at radius 3 is 2.76 bits per heavy atom. The molecule has 3 aromatic rings. The first kappa shape index (κ1) is 19.3. The third-order valence-electron chi connectivity index (χ3n) is 4.67. The van der Waals surface area contributed by atoms with Crippen molar-refractivity contribution < 1.29 is 14.3 Å². The van der Waals surface area contributed by atoms with Crippen LogP contribution in [-0.2, 0) is 11.3 Å². The van der Waals surface area contributed by atoms with Crippen molar-refractivity contribution in [2.45, 2.75) is 32.0 Å². The number of carbonyl (C=O) groups excluding carboxylic acids is 2. The van der Waals surface area contributed by atoms with E-state index in [0.717, 1.165) is 22.2 Å². The molecule has 4 rings (SSSR count). The molecule has 4 N–H and O–H groups in total. The van der Waals surface area contributed by atoms with Crippen molar-refractivity contribution in [3.63, 3.8) is 0 Å². The number of nitrogens with one attached hydrogen (secondary N) is 2. The van der Waals surface area contributed by atoms with Gasteiger partial charge in [0.15, 0.2) is 5.13 Å². The number of benzene rings is 1. The van der Waals surface area contributed by atoms with Crippen LogP contribution in [0.15, 0.2) is 36.4 Å². The van der Waals surface area contributed by atoms with Crippen LogP contribution >= 0.6 is 11.3 Å². The molecular weight excluding hydrogens is 390 g/mol. The topological polar surface area (TPSA) is 119 Å². The number of anilines is 1. The first-order valence-electron chi connectivity index (χ1n) is 9.30. The van der Waals surface area contributed by atoms with Gasteiger partial charge in [-0.2, -0.15) is 0 Å². The summed E-state index contributed by atoms with van der Waals surface area (Å²) in [6.45, 7) is 2.79. The highest BCUT2D eigenvalue weighted by Gasteiger charge is 2.24. The molecule has 0 saturated carbocycles. The van der Waals surface area contributed by atoms with Gasteiger partial charge in [-0.1, -0.05) is 23.5 Å². The molecule has 0 spiro atoms. The molecule has 2 atom stereocenters. The SMILES string of the molecule is CC1C[C@H](NC(=O)c2cccc(C(=O)NCc3ccc4nc(N)sc4c3)n2)CO1. The molecule has 1 fully saturated rings. The second kappa shape index (κ2) is 8.14. The number of nitrogen functional groups attached to an aromatic ring is 1. The van der Waals surface area contributed by atoms with Gasteiger partial charge in [-0.25, -0.2) is 9.97 Å². The number of ether oxygens (including phenoxy) is 1. The minimum absolute atomic E-state index is 0.0347. The fourth-order valence-electron chi connectivity index (χ4n) is 3.23. The fraction of sp³-hybridized carbons (Fsp3) is 0.300. The molecule has 1 saturated heterocycles. The van der Waals surface area contributed by atoms with Crippen molar-refractivity contribution in [3.05, 3.63) is 53.3 Å². The molecule has 0 aliphatic carbocycles. The number of rotatable bonds is 5. The van der Waals surface area contributed by atoms with E-state index in [1.165, 1.54) is 11.3 Å². The molecular formula is C20H21N5O3S. The van der Waals surface area contributed by atoms with Crippen LogP contribution in [0.3, 0.4) is 0 Å². The molecule has 1 aliphatic heterocycles. The van der Waals surface area contributed by atoms with E-state index >= 15 is 0 Å². The molecule has 29 heavy (non-hydrogen) atoms. The van der Waals surface area contributed by atoms with Crippen LogP contribution in [-0.4, -0.2) is 40.5 Å². The monoisotopic (exact) mass is 411 g/mol. The van der Waals surface area contributed by atoms with E-state index in [0.29, 0.717) is 18.3 Å². The first-order valence-corrected chi connectivity index (χ1v) is 10.1. The average Bonchev–Trinajstić information content (AvgIpc) is 3.29. The molecule has 1 unspecified atom stereocenters. The Morgan fingerprint density at radius 1 is 1.21 bits per heavy atom. The van der Waals surface area contributed by atoms with Crippen LogP contribution in [0, 0.1) is 0 Å². The maximum Gasteiger partial charge on any atom is 0.270 e. The van der Waals surface area contributed by atoms with Crippen LogP contribution in [0.4, 0.5) is 5.13 Å². The first-order chi connectivity index (χ1) is 14.0. The van der Waals surface area contributed by atoms with E-state index in [2.05, 4.69) is 20.6 Å².